The zero-order valence-corrected chi connectivity index (χ0v) is 14.0. The Morgan fingerprint density at radius 1 is 1.23 bits per heavy atom. The number of aromatic nitrogens is 3. The minimum Gasteiger partial charge on any atom is -0.378 e. The second-order valence-corrected chi connectivity index (χ2v) is 7.33. The lowest BCUT2D eigenvalue weighted by Crippen LogP contribution is -2.48. The number of hydrogen-bond donors (Lipinski definition) is 1. The molecule has 2 atom stereocenters. The first-order valence-electron chi connectivity index (χ1n) is 8.11. The van der Waals surface area contributed by atoms with Crippen molar-refractivity contribution in [3.63, 3.8) is 0 Å². The van der Waals surface area contributed by atoms with Gasteiger partial charge in [0.15, 0.2) is 10.8 Å². The number of hydrogen-bond acceptors (Lipinski definition) is 6. The lowest BCUT2D eigenvalue weighted by atomic mass is 10.1. The standard InChI is InChI=1S/C15H23N5OS/c1-10-13-14(19(2)18-10)17-15(22-13)16-11-8-21-9-12(11)20-6-4-3-5-7-20/h11-12H,3-9H2,1-2H3,(H,16,17)/t11-,12-/m0/s1. The van der Waals surface area contributed by atoms with Gasteiger partial charge in [0, 0.05) is 7.05 Å². The van der Waals surface area contributed by atoms with Crippen LogP contribution in [0, 0.1) is 6.92 Å². The Kier molecular flexibility index (Phi) is 3.79. The first kappa shape index (κ1) is 14.4. The molecule has 22 heavy (non-hydrogen) atoms. The molecule has 2 saturated heterocycles. The molecule has 2 fully saturated rings. The third-order valence-electron chi connectivity index (χ3n) is 4.76. The van der Waals surface area contributed by atoms with Crippen LogP contribution in [0.2, 0.25) is 0 Å². The number of aryl methyl sites for hydroxylation is 2. The lowest BCUT2D eigenvalue weighted by molar-refractivity contribution is 0.127. The van der Waals surface area contributed by atoms with Crippen LogP contribution >= 0.6 is 11.3 Å². The van der Waals surface area contributed by atoms with E-state index in [1.54, 1.807) is 11.3 Å². The molecule has 6 nitrogen and oxygen atoms in total. The van der Waals surface area contributed by atoms with Gasteiger partial charge in [-0.15, -0.1) is 0 Å². The molecule has 0 bridgehead atoms. The van der Waals surface area contributed by atoms with E-state index in [0.29, 0.717) is 12.1 Å². The zero-order chi connectivity index (χ0) is 15.1. The molecule has 4 rings (SSSR count). The molecular formula is C15H23N5OS. The van der Waals surface area contributed by atoms with Crippen molar-refractivity contribution in [2.75, 3.05) is 31.6 Å². The fourth-order valence-electron chi connectivity index (χ4n) is 3.60. The van der Waals surface area contributed by atoms with Crippen molar-refractivity contribution in [1.29, 1.82) is 0 Å². The van der Waals surface area contributed by atoms with Gasteiger partial charge in [0.2, 0.25) is 0 Å². The number of likely N-dealkylation sites (tertiary alicyclic amines) is 1. The summed E-state index contributed by atoms with van der Waals surface area (Å²) in [5, 5.41) is 9.02. The second kappa shape index (κ2) is 5.79. The van der Waals surface area contributed by atoms with Crippen molar-refractivity contribution in [3.8, 4) is 0 Å². The summed E-state index contributed by atoms with van der Waals surface area (Å²) < 4.78 is 8.79. The van der Waals surface area contributed by atoms with Crippen LogP contribution in [-0.2, 0) is 11.8 Å². The van der Waals surface area contributed by atoms with Crippen LogP contribution in [0.25, 0.3) is 10.3 Å². The van der Waals surface area contributed by atoms with Crippen LogP contribution in [0.1, 0.15) is 25.0 Å². The normalized spacial score (nSPS) is 26.8. The molecule has 0 amide bonds. The maximum Gasteiger partial charge on any atom is 0.185 e. The number of nitrogens with zero attached hydrogens (tertiary/aromatic N) is 4. The molecule has 2 aromatic rings. The molecule has 0 radical (unpaired) electrons. The molecule has 0 saturated carbocycles. The molecule has 4 heterocycles. The van der Waals surface area contributed by atoms with Crippen molar-refractivity contribution in [2.24, 2.45) is 7.05 Å². The van der Waals surface area contributed by atoms with Gasteiger partial charge >= 0.3 is 0 Å². The third-order valence-corrected chi connectivity index (χ3v) is 5.85. The number of rotatable bonds is 3. The van der Waals surface area contributed by atoms with Crippen LogP contribution in [0.15, 0.2) is 0 Å². The number of fused-ring (bicyclic) bond motifs is 1. The fraction of sp³-hybridized carbons (Fsp3) is 0.733. The molecule has 2 aliphatic heterocycles. The van der Waals surface area contributed by atoms with Gasteiger partial charge in [0.25, 0.3) is 0 Å². The Bertz CT molecular complexity index is 626. The van der Waals surface area contributed by atoms with Gasteiger partial charge < -0.3 is 10.1 Å². The van der Waals surface area contributed by atoms with Crippen molar-refractivity contribution < 1.29 is 4.74 Å². The molecule has 0 aliphatic carbocycles. The minimum atomic E-state index is 0.340. The molecule has 0 unspecified atom stereocenters. The quantitative estimate of drug-likeness (QED) is 0.937. The van der Waals surface area contributed by atoms with E-state index >= 15 is 0 Å². The summed E-state index contributed by atoms with van der Waals surface area (Å²) in [5.41, 5.74) is 2.02. The summed E-state index contributed by atoms with van der Waals surface area (Å²) in [6.07, 6.45) is 4.00. The molecule has 7 heteroatoms. The van der Waals surface area contributed by atoms with E-state index in [9.17, 15) is 0 Å². The smallest absolute Gasteiger partial charge is 0.185 e. The first-order valence-corrected chi connectivity index (χ1v) is 8.92. The summed E-state index contributed by atoms with van der Waals surface area (Å²) in [5.74, 6) is 0. The summed E-state index contributed by atoms with van der Waals surface area (Å²) in [6, 6.07) is 0.818. The summed E-state index contributed by atoms with van der Waals surface area (Å²) in [6.45, 7) is 6.06. The van der Waals surface area contributed by atoms with E-state index in [1.165, 1.54) is 37.1 Å². The van der Waals surface area contributed by atoms with Crippen molar-refractivity contribution in [3.05, 3.63) is 5.69 Å². The van der Waals surface area contributed by atoms with Gasteiger partial charge in [0.05, 0.1) is 35.7 Å². The predicted molar refractivity (Wildman–Crippen MR) is 88.6 cm³/mol. The molecule has 120 valence electrons. The van der Waals surface area contributed by atoms with Gasteiger partial charge in [-0.3, -0.25) is 4.90 Å². The number of anilines is 1. The summed E-state index contributed by atoms with van der Waals surface area (Å²) >= 11 is 1.70. The molecule has 1 N–H and O–H groups in total. The number of ether oxygens (including phenoxy) is 1. The fourth-order valence-corrected chi connectivity index (χ4v) is 4.59. The van der Waals surface area contributed by atoms with E-state index in [1.807, 2.05) is 18.7 Å². The van der Waals surface area contributed by atoms with Gasteiger partial charge in [-0.1, -0.05) is 17.8 Å². The van der Waals surface area contributed by atoms with Crippen LogP contribution in [0.4, 0.5) is 5.13 Å². The van der Waals surface area contributed by atoms with Crippen LogP contribution in [-0.4, -0.2) is 58.1 Å². The van der Waals surface area contributed by atoms with E-state index in [4.69, 9.17) is 9.72 Å². The van der Waals surface area contributed by atoms with Crippen LogP contribution in [0.5, 0.6) is 0 Å². The Hall–Kier alpha value is -1.18. The Morgan fingerprint density at radius 2 is 2.05 bits per heavy atom. The first-order chi connectivity index (χ1) is 10.7. The molecule has 2 aromatic heterocycles. The summed E-state index contributed by atoms with van der Waals surface area (Å²) in [4.78, 5) is 7.30. The SMILES string of the molecule is Cc1nn(C)c2nc(N[C@H]3COC[C@@H]3N3CCCCC3)sc12. The highest BCUT2D eigenvalue weighted by molar-refractivity contribution is 7.22. The van der Waals surface area contributed by atoms with Crippen molar-refractivity contribution >= 4 is 26.8 Å². The average Bonchev–Trinajstić information content (AvgIpc) is 3.20. The maximum atomic E-state index is 5.75. The highest BCUT2D eigenvalue weighted by atomic mass is 32.1. The second-order valence-electron chi connectivity index (χ2n) is 6.33. The highest BCUT2D eigenvalue weighted by Gasteiger charge is 2.34. The van der Waals surface area contributed by atoms with Gasteiger partial charge in [0.1, 0.15) is 0 Å². The number of piperidine rings is 1. The van der Waals surface area contributed by atoms with Gasteiger partial charge in [-0.2, -0.15) is 5.10 Å². The van der Waals surface area contributed by atoms with Crippen LogP contribution in [0.3, 0.4) is 0 Å². The number of thiazole rings is 1. The molecular weight excluding hydrogens is 298 g/mol. The average molecular weight is 321 g/mol. The minimum absolute atomic E-state index is 0.340. The number of nitrogens with one attached hydrogen (secondary N) is 1. The Balaban J connectivity index is 1.51. The lowest BCUT2D eigenvalue weighted by Gasteiger charge is -2.34. The van der Waals surface area contributed by atoms with Crippen LogP contribution < -0.4 is 5.32 Å². The largest absolute Gasteiger partial charge is 0.378 e. The molecule has 0 aromatic carbocycles. The van der Waals surface area contributed by atoms with Crippen molar-refractivity contribution in [1.82, 2.24) is 19.7 Å². The van der Waals surface area contributed by atoms with E-state index in [-0.39, 0.29) is 0 Å². The maximum absolute atomic E-state index is 5.75. The predicted octanol–water partition coefficient (Wildman–Crippen LogP) is 2.00. The molecule has 0 spiro atoms. The van der Waals surface area contributed by atoms with E-state index in [2.05, 4.69) is 15.3 Å². The van der Waals surface area contributed by atoms with Crippen molar-refractivity contribution in [2.45, 2.75) is 38.3 Å². The van der Waals surface area contributed by atoms with E-state index < -0.39 is 0 Å². The highest BCUT2D eigenvalue weighted by Crippen LogP contribution is 2.30. The van der Waals surface area contributed by atoms with Gasteiger partial charge in [-0.25, -0.2) is 9.67 Å². The Morgan fingerprint density at radius 3 is 2.82 bits per heavy atom. The molecule has 2 aliphatic rings. The Labute approximate surface area is 134 Å². The zero-order valence-electron chi connectivity index (χ0n) is 13.2. The topological polar surface area (TPSA) is 55.2 Å². The van der Waals surface area contributed by atoms with Gasteiger partial charge in [-0.05, 0) is 32.9 Å². The summed E-state index contributed by atoms with van der Waals surface area (Å²) in [7, 11) is 1.95. The van der Waals surface area contributed by atoms with E-state index in [0.717, 1.165) is 29.7 Å². The monoisotopic (exact) mass is 321 g/mol. The third kappa shape index (κ3) is 2.51.